The van der Waals surface area contributed by atoms with Crippen molar-refractivity contribution in [3.05, 3.63) is 16.1 Å². The number of nitrogens with zero attached hydrogens (tertiary/aromatic N) is 2. The number of alkyl carbamates (subject to hydrolysis) is 1. The Balaban J connectivity index is 0.00000364. The van der Waals surface area contributed by atoms with Gasteiger partial charge in [-0.15, -0.1) is 35.3 Å². The quantitative estimate of drug-likeness (QED) is 0.257. The fourth-order valence-corrected chi connectivity index (χ4v) is 3.44. The van der Waals surface area contributed by atoms with E-state index in [4.69, 9.17) is 4.74 Å². The molecule has 1 aliphatic rings. The van der Waals surface area contributed by atoms with Crippen LogP contribution in [0.3, 0.4) is 0 Å². The van der Waals surface area contributed by atoms with E-state index >= 15 is 0 Å². The molecule has 9 heteroatoms. The molecule has 0 saturated heterocycles. The summed E-state index contributed by atoms with van der Waals surface area (Å²) in [6.07, 6.45) is 5.79. The summed E-state index contributed by atoms with van der Waals surface area (Å²) in [5.41, 5.74) is 0. The molecule has 1 aliphatic carbocycles. The predicted octanol–water partition coefficient (Wildman–Crippen LogP) is 2.95. The molecule has 1 unspecified atom stereocenters. The molecule has 0 aromatic carbocycles. The van der Waals surface area contributed by atoms with E-state index in [1.165, 1.54) is 4.88 Å². The third kappa shape index (κ3) is 9.09. The molecule has 0 spiro atoms. The Hall–Kier alpha value is -1.10. The first kappa shape index (κ1) is 23.9. The van der Waals surface area contributed by atoms with Crippen molar-refractivity contribution in [2.45, 2.75) is 52.5 Å². The van der Waals surface area contributed by atoms with Gasteiger partial charge < -0.3 is 20.7 Å². The molecular weight excluding hydrogens is 477 g/mol. The van der Waals surface area contributed by atoms with Gasteiger partial charge in [-0.2, -0.15) is 0 Å². The summed E-state index contributed by atoms with van der Waals surface area (Å²) in [7, 11) is 0. The molecule has 0 bridgehead atoms. The highest BCUT2D eigenvalue weighted by Crippen LogP contribution is 2.32. The number of halogens is 1. The molecule has 1 atom stereocenters. The van der Waals surface area contributed by atoms with Gasteiger partial charge in [0.1, 0.15) is 0 Å². The summed E-state index contributed by atoms with van der Waals surface area (Å²) in [5.74, 6) is 1.28. The lowest BCUT2D eigenvalue weighted by Crippen LogP contribution is -2.42. The van der Waals surface area contributed by atoms with Crippen LogP contribution in [0.25, 0.3) is 0 Å². The maximum absolute atomic E-state index is 11.7. The van der Waals surface area contributed by atoms with Gasteiger partial charge in [-0.05, 0) is 39.0 Å². The van der Waals surface area contributed by atoms with Crippen molar-refractivity contribution in [3.8, 4) is 0 Å². The molecule has 1 aromatic rings. The van der Waals surface area contributed by atoms with E-state index in [0.29, 0.717) is 19.1 Å². The van der Waals surface area contributed by atoms with Gasteiger partial charge in [-0.25, -0.2) is 9.78 Å². The molecular formula is C18H32IN5O2S. The van der Waals surface area contributed by atoms with Gasteiger partial charge in [0, 0.05) is 30.6 Å². The molecule has 0 radical (unpaired) electrons. The van der Waals surface area contributed by atoms with E-state index in [1.54, 1.807) is 11.3 Å². The van der Waals surface area contributed by atoms with Crippen molar-refractivity contribution in [1.29, 1.82) is 0 Å². The molecule has 3 N–H and O–H groups in total. The number of carbonyl (C=O) groups excluding carboxylic acids is 1. The zero-order valence-electron chi connectivity index (χ0n) is 16.4. The second kappa shape index (κ2) is 13.1. The van der Waals surface area contributed by atoms with Crippen LogP contribution in [0.2, 0.25) is 0 Å². The first-order valence-electron chi connectivity index (χ1n) is 9.55. The van der Waals surface area contributed by atoms with Gasteiger partial charge >= 0.3 is 6.09 Å². The molecule has 1 saturated carbocycles. The number of amides is 1. The van der Waals surface area contributed by atoms with Crippen LogP contribution in [0, 0.1) is 5.92 Å². The topological polar surface area (TPSA) is 87.6 Å². The van der Waals surface area contributed by atoms with Crippen molar-refractivity contribution >= 4 is 47.4 Å². The minimum absolute atomic E-state index is 0. The van der Waals surface area contributed by atoms with Crippen LogP contribution in [0.4, 0.5) is 4.79 Å². The standard InChI is InChI=1S/C18H31N5O2S.HI/c1-4-14-11-21-16(26-14)9-10-20-17(19-5-2)22-12-15(13-7-8-13)23-18(24)25-6-3;/h11,13,15H,4-10,12H2,1-3H3,(H,23,24)(H2,19,20,22);1H. The predicted molar refractivity (Wildman–Crippen MR) is 121 cm³/mol. The third-order valence-electron chi connectivity index (χ3n) is 4.14. The number of ether oxygens (including phenoxy) is 1. The lowest BCUT2D eigenvalue weighted by Gasteiger charge is -2.17. The number of hydrogen-bond acceptors (Lipinski definition) is 5. The van der Waals surface area contributed by atoms with Crippen molar-refractivity contribution in [3.63, 3.8) is 0 Å². The molecule has 2 rings (SSSR count). The number of aromatic nitrogens is 1. The average Bonchev–Trinajstić information content (AvgIpc) is 3.37. The van der Waals surface area contributed by atoms with Gasteiger partial charge in [0.25, 0.3) is 0 Å². The van der Waals surface area contributed by atoms with Crippen molar-refractivity contribution in [2.75, 3.05) is 26.2 Å². The van der Waals surface area contributed by atoms with E-state index in [1.807, 2.05) is 20.0 Å². The SMILES string of the molecule is CCNC(=NCC(NC(=O)OCC)C1CC1)NCCc1ncc(CC)s1.I. The number of carbonyl (C=O) groups is 1. The van der Waals surface area contributed by atoms with Crippen LogP contribution in [0.15, 0.2) is 11.2 Å². The Kier molecular flexibility index (Phi) is 11.7. The molecule has 1 fully saturated rings. The average molecular weight is 509 g/mol. The molecule has 1 amide bonds. The number of aliphatic imine (C=N–C) groups is 1. The molecule has 154 valence electrons. The number of aryl methyl sites for hydroxylation is 1. The van der Waals surface area contributed by atoms with Gasteiger partial charge in [0.05, 0.1) is 24.2 Å². The van der Waals surface area contributed by atoms with Crippen LogP contribution < -0.4 is 16.0 Å². The minimum atomic E-state index is -0.354. The monoisotopic (exact) mass is 509 g/mol. The smallest absolute Gasteiger partial charge is 0.407 e. The highest BCUT2D eigenvalue weighted by Gasteiger charge is 2.32. The van der Waals surface area contributed by atoms with Gasteiger partial charge in [0.15, 0.2) is 5.96 Å². The summed E-state index contributed by atoms with van der Waals surface area (Å²) in [5, 5.41) is 10.7. The second-order valence-corrected chi connectivity index (χ2v) is 7.48. The normalized spacial score (nSPS) is 14.9. The summed E-state index contributed by atoms with van der Waals surface area (Å²) >= 11 is 1.77. The zero-order valence-corrected chi connectivity index (χ0v) is 19.6. The first-order chi connectivity index (χ1) is 12.7. The van der Waals surface area contributed by atoms with Crippen molar-refractivity contribution in [2.24, 2.45) is 10.9 Å². The van der Waals surface area contributed by atoms with E-state index < -0.39 is 0 Å². The van der Waals surface area contributed by atoms with Crippen LogP contribution >= 0.6 is 35.3 Å². The number of guanidine groups is 1. The Morgan fingerprint density at radius 2 is 2.15 bits per heavy atom. The molecule has 7 nitrogen and oxygen atoms in total. The highest BCUT2D eigenvalue weighted by atomic mass is 127. The molecule has 27 heavy (non-hydrogen) atoms. The fourth-order valence-electron chi connectivity index (χ4n) is 2.58. The lowest BCUT2D eigenvalue weighted by atomic mass is 10.2. The lowest BCUT2D eigenvalue weighted by molar-refractivity contribution is 0.147. The summed E-state index contributed by atoms with van der Waals surface area (Å²) in [6.45, 7) is 8.50. The Morgan fingerprint density at radius 1 is 1.37 bits per heavy atom. The highest BCUT2D eigenvalue weighted by molar-refractivity contribution is 14.0. The molecule has 1 heterocycles. The van der Waals surface area contributed by atoms with Gasteiger partial charge in [-0.3, -0.25) is 4.99 Å². The van der Waals surface area contributed by atoms with E-state index in [2.05, 4.69) is 32.9 Å². The number of nitrogens with one attached hydrogen (secondary N) is 3. The summed E-state index contributed by atoms with van der Waals surface area (Å²) in [6, 6.07) is 0.0376. The number of hydrogen-bond donors (Lipinski definition) is 3. The van der Waals surface area contributed by atoms with E-state index in [0.717, 1.165) is 49.7 Å². The number of rotatable bonds is 10. The molecule has 0 aliphatic heterocycles. The third-order valence-corrected chi connectivity index (χ3v) is 5.34. The minimum Gasteiger partial charge on any atom is -0.450 e. The largest absolute Gasteiger partial charge is 0.450 e. The van der Waals surface area contributed by atoms with E-state index in [-0.39, 0.29) is 36.1 Å². The van der Waals surface area contributed by atoms with E-state index in [9.17, 15) is 4.79 Å². The van der Waals surface area contributed by atoms with Gasteiger partial charge in [0.2, 0.25) is 0 Å². The second-order valence-electron chi connectivity index (χ2n) is 6.28. The van der Waals surface area contributed by atoms with Gasteiger partial charge in [-0.1, -0.05) is 6.92 Å². The maximum atomic E-state index is 11.7. The van der Waals surface area contributed by atoms with Crippen molar-refractivity contribution < 1.29 is 9.53 Å². The zero-order chi connectivity index (χ0) is 18.8. The van der Waals surface area contributed by atoms with Crippen molar-refractivity contribution in [1.82, 2.24) is 20.9 Å². The summed E-state index contributed by atoms with van der Waals surface area (Å²) in [4.78, 5) is 22.1. The van der Waals surface area contributed by atoms with Crippen LogP contribution in [-0.4, -0.2) is 49.3 Å². The Bertz CT molecular complexity index is 592. The Morgan fingerprint density at radius 3 is 2.74 bits per heavy atom. The van der Waals surface area contributed by atoms with Crippen LogP contribution in [0.1, 0.15) is 43.5 Å². The maximum Gasteiger partial charge on any atom is 0.407 e. The number of thiazole rings is 1. The fraction of sp³-hybridized carbons (Fsp3) is 0.722. The molecule has 1 aromatic heterocycles. The van der Waals surface area contributed by atoms with Crippen LogP contribution in [-0.2, 0) is 17.6 Å². The Labute approximate surface area is 183 Å². The van der Waals surface area contributed by atoms with Crippen LogP contribution in [0.5, 0.6) is 0 Å². The first-order valence-corrected chi connectivity index (χ1v) is 10.4. The summed E-state index contributed by atoms with van der Waals surface area (Å²) < 4.78 is 4.99.